The predicted octanol–water partition coefficient (Wildman–Crippen LogP) is 5.57. The third kappa shape index (κ3) is 2.21. The van der Waals surface area contributed by atoms with Crippen LogP contribution in [0.3, 0.4) is 0 Å². The largest absolute Gasteiger partial charge is 0.459 e. The highest BCUT2D eigenvalue weighted by atomic mass is 16.6. The Bertz CT molecular complexity index is 1040. The van der Waals surface area contributed by atoms with Crippen molar-refractivity contribution in [3.8, 4) is 23.0 Å². The first kappa shape index (κ1) is 16.9. The number of hydrogen-bond donors (Lipinski definition) is 0. The van der Waals surface area contributed by atoms with E-state index in [1.807, 2.05) is 87.5 Å². The zero-order chi connectivity index (χ0) is 19.5. The summed E-state index contributed by atoms with van der Waals surface area (Å²) in [4.78, 5) is 13.9. The highest BCUT2D eigenvalue weighted by Crippen LogP contribution is 2.60. The van der Waals surface area contributed by atoms with Gasteiger partial charge in [-0.05, 0) is 45.0 Å². The molecular weight excluding hydrogens is 352 g/mol. The molecule has 2 aliphatic rings. The standard InChI is InChI=1S/C24H20O4/c1-23(2,3)28-22(25)24-15-9-4-6-11-17(15)26-19-13-8-14-20(21(19)24)27-18-12-7-5-10-16(18)24/h4-14H,1-3H3. The van der Waals surface area contributed by atoms with E-state index in [2.05, 4.69) is 0 Å². The van der Waals surface area contributed by atoms with Gasteiger partial charge in [0.1, 0.15) is 28.6 Å². The summed E-state index contributed by atoms with van der Waals surface area (Å²) < 4.78 is 18.3. The van der Waals surface area contributed by atoms with Crippen molar-refractivity contribution in [1.82, 2.24) is 0 Å². The maximum Gasteiger partial charge on any atom is 0.326 e. The molecule has 3 aromatic carbocycles. The SMILES string of the molecule is CC(C)(C)OC(=O)C12c3ccccc3Oc3cccc(c31)Oc1ccccc12. The summed E-state index contributed by atoms with van der Waals surface area (Å²) in [5.41, 5.74) is 0.436. The topological polar surface area (TPSA) is 44.8 Å². The Labute approximate surface area is 163 Å². The van der Waals surface area contributed by atoms with Gasteiger partial charge in [0.25, 0.3) is 0 Å². The Balaban J connectivity index is 1.92. The van der Waals surface area contributed by atoms with Crippen molar-refractivity contribution in [3.05, 3.63) is 83.4 Å². The fraction of sp³-hybridized carbons (Fsp3) is 0.208. The van der Waals surface area contributed by atoms with E-state index in [0.29, 0.717) is 28.6 Å². The van der Waals surface area contributed by atoms with Gasteiger partial charge in [0, 0.05) is 11.1 Å². The summed E-state index contributed by atoms with van der Waals surface area (Å²) in [6.45, 7) is 5.64. The first-order chi connectivity index (χ1) is 13.4. The molecule has 28 heavy (non-hydrogen) atoms. The highest BCUT2D eigenvalue weighted by molar-refractivity contribution is 5.98. The molecule has 0 atom stereocenters. The van der Waals surface area contributed by atoms with E-state index in [-0.39, 0.29) is 5.97 Å². The molecule has 140 valence electrons. The molecule has 0 amide bonds. The molecule has 0 saturated carbocycles. The van der Waals surface area contributed by atoms with Crippen LogP contribution in [0.25, 0.3) is 0 Å². The zero-order valence-corrected chi connectivity index (χ0v) is 16.0. The average Bonchev–Trinajstić information content (AvgIpc) is 2.66. The van der Waals surface area contributed by atoms with Gasteiger partial charge < -0.3 is 14.2 Å². The number of hydrogen-bond acceptors (Lipinski definition) is 4. The van der Waals surface area contributed by atoms with Crippen LogP contribution in [0.5, 0.6) is 23.0 Å². The molecule has 0 fully saturated rings. The van der Waals surface area contributed by atoms with E-state index in [0.717, 1.165) is 11.1 Å². The van der Waals surface area contributed by atoms with Gasteiger partial charge in [-0.25, -0.2) is 0 Å². The van der Waals surface area contributed by atoms with Gasteiger partial charge in [-0.15, -0.1) is 0 Å². The molecule has 0 bridgehead atoms. The lowest BCUT2D eigenvalue weighted by Crippen LogP contribution is -2.46. The van der Waals surface area contributed by atoms with Crippen molar-refractivity contribution in [2.24, 2.45) is 0 Å². The molecule has 0 radical (unpaired) electrons. The third-order valence-corrected chi connectivity index (χ3v) is 5.09. The van der Waals surface area contributed by atoms with Crippen molar-refractivity contribution in [3.63, 3.8) is 0 Å². The molecule has 2 heterocycles. The summed E-state index contributed by atoms with van der Waals surface area (Å²) >= 11 is 0. The molecular formula is C24H20O4. The first-order valence-corrected chi connectivity index (χ1v) is 9.33. The minimum atomic E-state index is -1.15. The van der Waals surface area contributed by atoms with Crippen molar-refractivity contribution in [1.29, 1.82) is 0 Å². The lowest BCUT2D eigenvalue weighted by atomic mass is 9.66. The van der Waals surface area contributed by atoms with E-state index < -0.39 is 11.0 Å². The molecule has 0 aliphatic carbocycles. The predicted molar refractivity (Wildman–Crippen MR) is 105 cm³/mol. The van der Waals surface area contributed by atoms with Crippen molar-refractivity contribution < 1.29 is 19.0 Å². The zero-order valence-electron chi connectivity index (χ0n) is 16.0. The molecule has 4 nitrogen and oxygen atoms in total. The summed E-state index contributed by atoms with van der Waals surface area (Å²) in [5.74, 6) is 2.18. The van der Waals surface area contributed by atoms with Gasteiger partial charge in [-0.2, -0.15) is 0 Å². The summed E-state index contributed by atoms with van der Waals surface area (Å²) in [7, 11) is 0. The van der Waals surface area contributed by atoms with E-state index in [1.54, 1.807) is 0 Å². The van der Waals surface area contributed by atoms with Gasteiger partial charge in [0.2, 0.25) is 0 Å². The molecule has 0 unspecified atom stereocenters. The van der Waals surface area contributed by atoms with Crippen LogP contribution in [0, 0.1) is 0 Å². The van der Waals surface area contributed by atoms with Gasteiger partial charge in [-0.1, -0.05) is 42.5 Å². The average molecular weight is 372 g/mol. The smallest absolute Gasteiger partial charge is 0.326 e. The Morgan fingerprint density at radius 3 is 1.71 bits per heavy atom. The second kappa shape index (κ2) is 5.61. The van der Waals surface area contributed by atoms with E-state index >= 15 is 0 Å². The quantitative estimate of drug-likeness (QED) is 0.524. The second-order valence-corrected chi connectivity index (χ2v) is 8.08. The van der Waals surface area contributed by atoms with Crippen LogP contribution >= 0.6 is 0 Å². The van der Waals surface area contributed by atoms with Gasteiger partial charge in [-0.3, -0.25) is 4.79 Å². The maximum atomic E-state index is 13.9. The number of esters is 1. The summed E-state index contributed by atoms with van der Waals surface area (Å²) in [6, 6.07) is 20.9. The van der Waals surface area contributed by atoms with E-state index in [9.17, 15) is 4.79 Å². The summed E-state index contributed by atoms with van der Waals surface area (Å²) in [5, 5.41) is 0. The van der Waals surface area contributed by atoms with Crippen LogP contribution in [0.15, 0.2) is 66.7 Å². The molecule has 0 aromatic heterocycles. The molecule has 0 saturated heterocycles. The number of benzene rings is 3. The maximum absolute atomic E-state index is 13.9. The Morgan fingerprint density at radius 1 is 0.750 bits per heavy atom. The third-order valence-electron chi connectivity index (χ3n) is 5.09. The molecule has 3 aromatic rings. The highest BCUT2D eigenvalue weighted by Gasteiger charge is 2.56. The minimum Gasteiger partial charge on any atom is -0.459 e. The van der Waals surface area contributed by atoms with Crippen LogP contribution in [0.4, 0.5) is 0 Å². The molecule has 0 N–H and O–H groups in total. The Hall–Kier alpha value is -3.27. The minimum absolute atomic E-state index is 0.333. The molecule has 0 spiro atoms. The van der Waals surface area contributed by atoms with Crippen LogP contribution in [0.2, 0.25) is 0 Å². The van der Waals surface area contributed by atoms with E-state index in [1.165, 1.54) is 0 Å². The lowest BCUT2D eigenvalue weighted by Gasteiger charge is -2.43. The van der Waals surface area contributed by atoms with Crippen molar-refractivity contribution in [2.75, 3.05) is 0 Å². The Morgan fingerprint density at radius 2 is 1.21 bits per heavy atom. The fourth-order valence-corrected chi connectivity index (χ4v) is 4.11. The first-order valence-electron chi connectivity index (χ1n) is 9.33. The number of ether oxygens (including phenoxy) is 3. The summed E-state index contributed by atoms with van der Waals surface area (Å²) in [6.07, 6.45) is 0. The van der Waals surface area contributed by atoms with Gasteiger partial charge in [0.05, 0.1) is 5.56 Å². The molecule has 2 aliphatic heterocycles. The van der Waals surface area contributed by atoms with E-state index in [4.69, 9.17) is 14.2 Å². The van der Waals surface area contributed by atoms with Crippen LogP contribution < -0.4 is 9.47 Å². The molecule has 4 heteroatoms. The number of rotatable bonds is 1. The van der Waals surface area contributed by atoms with Crippen LogP contribution in [-0.2, 0) is 14.9 Å². The monoisotopic (exact) mass is 372 g/mol. The van der Waals surface area contributed by atoms with Gasteiger partial charge in [0.15, 0.2) is 5.41 Å². The number of carbonyl (C=O) groups excluding carboxylic acids is 1. The van der Waals surface area contributed by atoms with Crippen LogP contribution in [-0.4, -0.2) is 11.6 Å². The fourth-order valence-electron chi connectivity index (χ4n) is 4.11. The van der Waals surface area contributed by atoms with Gasteiger partial charge >= 0.3 is 5.97 Å². The lowest BCUT2D eigenvalue weighted by molar-refractivity contribution is -0.159. The Kier molecular flexibility index (Phi) is 3.38. The normalized spacial score (nSPS) is 15.2. The second-order valence-electron chi connectivity index (χ2n) is 8.08. The number of carbonyl (C=O) groups is 1. The van der Waals surface area contributed by atoms with Crippen LogP contribution in [0.1, 0.15) is 37.5 Å². The number of fused-ring (bicyclic) bond motifs is 4. The van der Waals surface area contributed by atoms with Crippen molar-refractivity contribution >= 4 is 5.97 Å². The number of para-hydroxylation sites is 2. The molecule has 5 rings (SSSR count). The van der Waals surface area contributed by atoms with Crippen molar-refractivity contribution in [2.45, 2.75) is 31.8 Å².